The Labute approximate surface area is 235 Å². The fraction of sp³-hybridized carbons (Fsp3) is 0.464. The largest absolute Gasteiger partial charge is 0.333 e. The molecule has 12 nitrogen and oxygen atoms in total. The average molecular weight is 579 g/mol. The molecule has 41 heavy (non-hydrogen) atoms. The maximum Gasteiger partial charge on any atom is 0.333 e. The molecule has 3 saturated carbocycles. The second-order valence-corrected chi connectivity index (χ2v) is 13.1. The van der Waals surface area contributed by atoms with Crippen molar-refractivity contribution in [2.75, 3.05) is 16.4 Å². The van der Waals surface area contributed by atoms with Crippen LogP contribution >= 0.6 is 0 Å². The molecule has 2 aromatic heterocycles. The van der Waals surface area contributed by atoms with E-state index in [1.165, 1.54) is 23.2 Å². The van der Waals surface area contributed by atoms with E-state index in [2.05, 4.69) is 27.5 Å². The Kier molecular flexibility index (Phi) is 6.60. The first-order valence-electron chi connectivity index (χ1n) is 13.7. The monoisotopic (exact) mass is 578 g/mol. The van der Waals surface area contributed by atoms with E-state index in [1.807, 2.05) is 0 Å². The Hall–Kier alpha value is -4.18. The van der Waals surface area contributed by atoms with Crippen molar-refractivity contribution < 1.29 is 18.0 Å². The molecule has 0 radical (unpaired) electrons. The predicted molar refractivity (Wildman–Crippen MR) is 151 cm³/mol. The normalized spacial score (nSPS) is 16.7. The summed E-state index contributed by atoms with van der Waals surface area (Å²) >= 11 is 0. The fourth-order valence-electron chi connectivity index (χ4n) is 4.74. The predicted octanol–water partition coefficient (Wildman–Crippen LogP) is 1.37. The molecule has 1 aromatic carbocycles. The van der Waals surface area contributed by atoms with Crippen LogP contribution in [0.15, 0.2) is 32.9 Å². The van der Waals surface area contributed by atoms with Crippen LogP contribution in [0.5, 0.6) is 0 Å². The van der Waals surface area contributed by atoms with Gasteiger partial charge in [0.15, 0.2) is 11.2 Å². The zero-order chi connectivity index (χ0) is 29.1. The number of fused-ring (bicyclic) bond motifs is 1. The number of aryl methyl sites for hydroxylation is 1. The molecule has 0 atom stereocenters. The van der Waals surface area contributed by atoms with Gasteiger partial charge in [-0.2, -0.15) is 4.98 Å². The van der Waals surface area contributed by atoms with Crippen LogP contribution in [0.2, 0.25) is 0 Å². The molecular formula is C28H30N6O6S. The van der Waals surface area contributed by atoms with Crippen LogP contribution in [0.3, 0.4) is 0 Å². The van der Waals surface area contributed by atoms with Gasteiger partial charge in [0.1, 0.15) is 0 Å². The van der Waals surface area contributed by atoms with Gasteiger partial charge in [-0.3, -0.25) is 23.5 Å². The number of rotatable bonds is 8. The summed E-state index contributed by atoms with van der Waals surface area (Å²) in [5, 5.41) is 5.50. The molecule has 0 aliphatic heterocycles. The zero-order valence-electron chi connectivity index (χ0n) is 22.8. The summed E-state index contributed by atoms with van der Waals surface area (Å²) in [7, 11) is -0.988. The van der Waals surface area contributed by atoms with Gasteiger partial charge in [-0.15, -0.1) is 0 Å². The van der Waals surface area contributed by atoms with Crippen molar-refractivity contribution in [1.82, 2.24) is 18.7 Å². The number of carbonyl (C=O) groups is 2. The van der Waals surface area contributed by atoms with Gasteiger partial charge in [0.05, 0.1) is 12.3 Å². The number of amides is 2. The molecule has 214 valence electrons. The molecule has 0 unspecified atom stereocenters. The van der Waals surface area contributed by atoms with Crippen LogP contribution < -0.4 is 21.9 Å². The van der Waals surface area contributed by atoms with Gasteiger partial charge >= 0.3 is 5.69 Å². The maximum atomic E-state index is 13.1. The molecular weight excluding hydrogens is 548 g/mol. The third kappa shape index (κ3) is 5.56. The number of benzene rings is 1. The molecule has 2 heterocycles. The summed E-state index contributed by atoms with van der Waals surface area (Å²) in [6, 6.07) is 5.05. The molecule has 3 aliphatic rings. The van der Waals surface area contributed by atoms with Gasteiger partial charge in [-0.25, -0.2) is 13.2 Å². The number of nitrogens with zero attached hydrogens (tertiary/aromatic N) is 4. The van der Waals surface area contributed by atoms with Gasteiger partial charge in [0, 0.05) is 42.9 Å². The lowest BCUT2D eigenvalue weighted by atomic mass is 10.1. The Morgan fingerprint density at radius 3 is 2.05 bits per heavy atom. The van der Waals surface area contributed by atoms with Crippen LogP contribution in [0, 0.1) is 29.6 Å². The van der Waals surface area contributed by atoms with E-state index >= 15 is 0 Å². The van der Waals surface area contributed by atoms with Crippen LogP contribution in [-0.4, -0.2) is 44.7 Å². The van der Waals surface area contributed by atoms with Crippen molar-refractivity contribution in [1.29, 1.82) is 0 Å². The third-order valence-electron chi connectivity index (χ3n) is 7.58. The molecule has 2 N–H and O–H groups in total. The summed E-state index contributed by atoms with van der Waals surface area (Å²) in [4.78, 5) is 55.0. The minimum absolute atomic E-state index is 0.00173. The SMILES string of the molecule is Cn1c(=O)c2c(nc(S(=O)(=O)CC3CC3)n2C)n(CC#Cc2cc(NC(=O)C3CC3)cc(NC(=O)C3CC3)c2)c1=O. The summed E-state index contributed by atoms with van der Waals surface area (Å²) in [6.45, 7) is -0.176. The number of imidazole rings is 1. The lowest BCUT2D eigenvalue weighted by Gasteiger charge is -2.10. The van der Waals surface area contributed by atoms with Crippen molar-refractivity contribution in [2.24, 2.45) is 31.8 Å². The number of hydrogen-bond acceptors (Lipinski definition) is 7. The van der Waals surface area contributed by atoms with Gasteiger partial charge in [-0.1, -0.05) is 11.8 Å². The number of sulfone groups is 1. The minimum Gasteiger partial charge on any atom is -0.326 e. The van der Waals surface area contributed by atoms with Gasteiger partial charge in [0.2, 0.25) is 26.8 Å². The van der Waals surface area contributed by atoms with E-state index in [0.29, 0.717) is 16.9 Å². The lowest BCUT2D eigenvalue weighted by Crippen LogP contribution is -2.38. The number of aromatic nitrogens is 4. The maximum absolute atomic E-state index is 13.1. The van der Waals surface area contributed by atoms with Crippen LogP contribution in [-0.2, 0) is 40.1 Å². The fourth-order valence-corrected chi connectivity index (χ4v) is 6.58. The number of anilines is 2. The lowest BCUT2D eigenvalue weighted by molar-refractivity contribution is -0.118. The van der Waals surface area contributed by atoms with Gasteiger partial charge < -0.3 is 15.2 Å². The third-order valence-corrected chi connectivity index (χ3v) is 9.41. The van der Waals surface area contributed by atoms with Gasteiger partial charge in [-0.05, 0) is 62.6 Å². The van der Waals surface area contributed by atoms with E-state index in [-0.39, 0.29) is 58.2 Å². The second-order valence-electron chi connectivity index (χ2n) is 11.2. The van der Waals surface area contributed by atoms with E-state index in [0.717, 1.165) is 43.1 Å². The van der Waals surface area contributed by atoms with Crippen LogP contribution in [0.1, 0.15) is 44.1 Å². The standard InChI is InChI=1S/C28H30N6O6S/c1-32-22-23(31-27(32)41(39,40)15-16-5-6-16)34(28(38)33(2)26(22)37)11-3-4-17-12-20(29-24(35)18-7-8-18)14-21(13-17)30-25(36)19-9-10-19/h12-14,16,18-19H,5-11,15H2,1-2H3,(H,29,35)(H,30,36). The molecule has 0 spiro atoms. The first-order chi connectivity index (χ1) is 19.5. The Balaban J connectivity index is 1.35. The average Bonchev–Trinajstić information content (AvgIpc) is 3.77. The van der Waals surface area contributed by atoms with E-state index in [1.54, 1.807) is 18.2 Å². The molecule has 3 fully saturated rings. The quantitative estimate of drug-likeness (QED) is 0.383. The van der Waals surface area contributed by atoms with Crippen molar-refractivity contribution in [2.45, 2.75) is 50.2 Å². The van der Waals surface area contributed by atoms with Crippen LogP contribution in [0.25, 0.3) is 11.2 Å². The molecule has 6 rings (SSSR count). The molecule has 3 aromatic rings. The minimum atomic E-state index is -3.76. The van der Waals surface area contributed by atoms with Gasteiger partial charge in [0.25, 0.3) is 5.56 Å². The highest BCUT2D eigenvalue weighted by Crippen LogP contribution is 2.33. The summed E-state index contributed by atoms with van der Waals surface area (Å²) < 4.78 is 29.3. The molecule has 2 amide bonds. The molecule has 3 aliphatic carbocycles. The number of carbonyl (C=O) groups excluding carboxylic acids is 2. The topological polar surface area (TPSA) is 154 Å². The first-order valence-corrected chi connectivity index (χ1v) is 15.3. The summed E-state index contributed by atoms with van der Waals surface area (Å²) in [6.07, 6.45) is 5.05. The Morgan fingerprint density at radius 2 is 1.51 bits per heavy atom. The molecule has 0 saturated heterocycles. The molecule has 13 heteroatoms. The van der Waals surface area contributed by atoms with Crippen LogP contribution in [0.4, 0.5) is 11.4 Å². The van der Waals surface area contributed by atoms with Crippen molar-refractivity contribution >= 4 is 44.2 Å². The van der Waals surface area contributed by atoms with Crippen molar-refractivity contribution in [3.05, 3.63) is 44.6 Å². The summed E-state index contributed by atoms with van der Waals surface area (Å²) in [5.74, 6) is 5.72. The highest BCUT2D eigenvalue weighted by molar-refractivity contribution is 7.91. The highest BCUT2D eigenvalue weighted by Gasteiger charge is 2.33. The smallest absolute Gasteiger partial charge is 0.326 e. The Morgan fingerprint density at radius 1 is 0.927 bits per heavy atom. The van der Waals surface area contributed by atoms with Crippen molar-refractivity contribution in [3.8, 4) is 11.8 Å². The number of nitrogens with one attached hydrogen (secondary N) is 2. The van der Waals surface area contributed by atoms with Crippen molar-refractivity contribution in [3.63, 3.8) is 0 Å². The second kappa shape index (κ2) is 10.0. The van der Waals surface area contributed by atoms with E-state index in [4.69, 9.17) is 0 Å². The van der Waals surface area contributed by atoms with E-state index < -0.39 is 21.1 Å². The molecule has 0 bridgehead atoms. The number of hydrogen-bond donors (Lipinski definition) is 2. The zero-order valence-corrected chi connectivity index (χ0v) is 23.6. The summed E-state index contributed by atoms with van der Waals surface area (Å²) in [5.41, 5.74) is 0.113. The Bertz CT molecular complexity index is 1850. The highest BCUT2D eigenvalue weighted by atomic mass is 32.2. The first kappa shape index (κ1) is 27.0. The van der Waals surface area contributed by atoms with E-state index in [9.17, 15) is 27.6 Å².